The van der Waals surface area contributed by atoms with E-state index in [-0.39, 0.29) is 0 Å². The van der Waals surface area contributed by atoms with Gasteiger partial charge in [0, 0.05) is 16.7 Å². The maximum absolute atomic E-state index is 5.87. The molecule has 0 aromatic heterocycles. The Morgan fingerprint density at radius 3 is 2.71 bits per heavy atom. The van der Waals surface area contributed by atoms with E-state index in [0.717, 1.165) is 28.8 Å². The quantitative estimate of drug-likeness (QED) is 0.814. The first-order valence-electron chi connectivity index (χ1n) is 4.84. The second kappa shape index (κ2) is 5.37. The molecule has 0 aliphatic rings. The topological polar surface area (TPSA) is 38.0 Å². The van der Waals surface area contributed by atoms with Crippen molar-refractivity contribution < 1.29 is 0 Å². The molecule has 0 spiro atoms. The lowest BCUT2D eigenvalue weighted by Gasteiger charge is -2.09. The van der Waals surface area contributed by atoms with Gasteiger partial charge in [-0.3, -0.25) is 0 Å². The first kappa shape index (κ1) is 11.5. The minimum absolute atomic E-state index is 0.673. The van der Waals surface area contributed by atoms with Crippen LogP contribution in [0, 0.1) is 5.92 Å². The minimum atomic E-state index is 0.673. The van der Waals surface area contributed by atoms with Gasteiger partial charge in [-0.25, -0.2) is 0 Å². The molecular weight excluding hydrogens is 240 g/mol. The molecule has 0 heterocycles. The van der Waals surface area contributed by atoms with Gasteiger partial charge in [-0.2, -0.15) is 0 Å². The van der Waals surface area contributed by atoms with Gasteiger partial charge in [0.2, 0.25) is 0 Å². The summed E-state index contributed by atoms with van der Waals surface area (Å²) in [4.78, 5) is 0. The van der Waals surface area contributed by atoms with E-state index < -0.39 is 0 Å². The third kappa shape index (κ3) is 3.68. The van der Waals surface area contributed by atoms with Crippen molar-refractivity contribution in [1.82, 2.24) is 5.32 Å². The Hall–Kier alpha value is -0.540. The van der Waals surface area contributed by atoms with Crippen LogP contribution in [0.1, 0.15) is 19.4 Å². The Morgan fingerprint density at radius 2 is 2.14 bits per heavy atom. The second-order valence-corrected chi connectivity index (χ2v) is 4.78. The molecule has 0 unspecified atom stereocenters. The molecule has 0 fully saturated rings. The zero-order valence-corrected chi connectivity index (χ0v) is 10.3. The highest BCUT2D eigenvalue weighted by Gasteiger charge is 1.99. The van der Waals surface area contributed by atoms with Gasteiger partial charge in [-0.1, -0.05) is 35.8 Å². The number of hydrogen-bond donors (Lipinski definition) is 2. The van der Waals surface area contributed by atoms with E-state index >= 15 is 0 Å². The van der Waals surface area contributed by atoms with Crippen molar-refractivity contribution in [3.63, 3.8) is 0 Å². The van der Waals surface area contributed by atoms with Crippen LogP contribution < -0.4 is 11.1 Å². The highest BCUT2D eigenvalue weighted by atomic mass is 79.9. The lowest BCUT2D eigenvalue weighted by molar-refractivity contribution is 0.553. The van der Waals surface area contributed by atoms with E-state index in [1.165, 1.54) is 0 Å². The monoisotopic (exact) mass is 256 g/mol. The van der Waals surface area contributed by atoms with Crippen molar-refractivity contribution in [2.24, 2.45) is 5.92 Å². The first-order chi connectivity index (χ1) is 6.59. The van der Waals surface area contributed by atoms with Crippen LogP contribution in [-0.4, -0.2) is 6.54 Å². The molecule has 1 aromatic carbocycles. The molecule has 0 aliphatic carbocycles. The fraction of sp³-hybridized carbons (Fsp3) is 0.455. The van der Waals surface area contributed by atoms with Crippen LogP contribution in [0.2, 0.25) is 0 Å². The van der Waals surface area contributed by atoms with Gasteiger partial charge in [0.05, 0.1) is 0 Å². The van der Waals surface area contributed by atoms with E-state index in [4.69, 9.17) is 5.73 Å². The van der Waals surface area contributed by atoms with Gasteiger partial charge in [0.25, 0.3) is 0 Å². The molecule has 0 saturated heterocycles. The maximum atomic E-state index is 5.87. The fourth-order valence-electron chi connectivity index (χ4n) is 1.22. The summed E-state index contributed by atoms with van der Waals surface area (Å²) >= 11 is 3.39. The molecule has 1 rings (SSSR count). The van der Waals surface area contributed by atoms with Crippen molar-refractivity contribution >= 4 is 21.6 Å². The minimum Gasteiger partial charge on any atom is -0.398 e. The molecule has 78 valence electrons. The standard InChI is InChI=1S/C11H17BrN2/c1-8(2)6-14-7-9-3-4-10(12)5-11(9)13/h3-5,8,14H,6-7,13H2,1-2H3. The zero-order chi connectivity index (χ0) is 10.6. The lowest BCUT2D eigenvalue weighted by Crippen LogP contribution is -2.19. The molecule has 3 heteroatoms. The highest BCUT2D eigenvalue weighted by molar-refractivity contribution is 9.10. The molecule has 3 N–H and O–H groups in total. The number of benzene rings is 1. The number of anilines is 1. The number of rotatable bonds is 4. The van der Waals surface area contributed by atoms with E-state index in [2.05, 4.69) is 35.1 Å². The maximum Gasteiger partial charge on any atom is 0.0370 e. The molecule has 14 heavy (non-hydrogen) atoms. The van der Waals surface area contributed by atoms with E-state index in [1.807, 2.05) is 18.2 Å². The molecule has 2 nitrogen and oxygen atoms in total. The summed E-state index contributed by atoms with van der Waals surface area (Å²) < 4.78 is 1.03. The van der Waals surface area contributed by atoms with Crippen LogP contribution in [0.3, 0.4) is 0 Å². The van der Waals surface area contributed by atoms with Crippen LogP contribution in [0.15, 0.2) is 22.7 Å². The van der Waals surface area contributed by atoms with Gasteiger partial charge in [0.15, 0.2) is 0 Å². The predicted octanol–water partition coefficient (Wildman–Crippen LogP) is 2.78. The van der Waals surface area contributed by atoms with Crippen LogP contribution in [0.5, 0.6) is 0 Å². The summed E-state index contributed by atoms with van der Waals surface area (Å²) in [5.74, 6) is 0.673. The van der Waals surface area contributed by atoms with E-state index in [0.29, 0.717) is 5.92 Å². The van der Waals surface area contributed by atoms with Crippen molar-refractivity contribution in [2.75, 3.05) is 12.3 Å². The highest BCUT2D eigenvalue weighted by Crippen LogP contribution is 2.18. The molecular formula is C11H17BrN2. The first-order valence-corrected chi connectivity index (χ1v) is 5.63. The summed E-state index contributed by atoms with van der Waals surface area (Å²) in [5, 5.41) is 3.37. The zero-order valence-electron chi connectivity index (χ0n) is 8.68. The van der Waals surface area contributed by atoms with Gasteiger partial charge < -0.3 is 11.1 Å². The average molecular weight is 257 g/mol. The molecule has 0 atom stereocenters. The molecule has 0 bridgehead atoms. The SMILES string of the molecule is CC(C)CNCc1ccc(Br)cc1N. The third-order valence-electron chi connectivity index (χ3n) is 1.98. The number of nitrogens with two attached hydrogens (primary N) is 1. The van der Waals surface area contributed by atoms with Crippen LogP contribution in [-0.2, 0) is 6.54 Å². The number of halogens is 1. The fourth-order valence-corrected chi connectivity index (χ4v) is 1.60. The number of hydrogen-bond acceptors (Lipinski definition) is 2. The Balaban J connectivity index is 2.51. The van der Waals surface area contributed by atoms with Crippen molar-refractivity contribution in [1.29, 1.82) is 0 Å². The Bertz CT molecular complexity index is 297. The third-order valence-corrected chi connectivity index (χ3v) is 2.47. The van der Waals surface area contributed by atoms with Gasteiger partial charge >= 0.3 is 0 Å². The smallest absolute Gasteiger partial charge is 0.0370 e. The van der Waals surface area contributed by atoms with Crippen molar-refractivity contribution in [3.05, 3.63) is 28.2 Å². The second-order valence-electron chi connectivity index (χ2n) is 3.87. The molecule has 0 aliphatic heterocycles. The number of nitrogens with one attached hydrogen (secondary N) is 1. The van der Waals surface area contributed by atoms with Gasteiger partial charge in [-0.15, -0.1) is 0 Å². The van der Waals surface area contributed by atoms with Gasteiger partial charge in [-0.05, 0) is 30.2 Å². The molecule has 0 saturated carbocycles. The summed E-state index contributed by atoms with van der Waals surface area (Å²) in [7, 11) is 0. The Kier molecular flexibility index (Phi) is 4.42. The van der Waals surface area contributed by atoms with Crippen LogP contribution in [0.4, 0.5) is 5.69 Å². The van der Waals surface area contributed by atoms with E-state index in [9.17, 15) is 0 Å². The molecule has 1 aromatic rings. The largest absolute Gasteiger partial charge is 0.398 e. The normalized spacial score (nSPS) is 10.9. The summed E-state index contributed by atoms with van der Waals surface area (Å²) in [6.45, 7) is 6.25. The molecule has 0 radical (unpaired) electrons. The van der Waals surface area contributed by atoms with Crippen molar-refractivity contribution in [2.45, 2.75) is 20.4 Å². The predicted molar refractivity (Wildman–Crippen MR) is 65.1 cm³/mol. The van der Waals surface area contributed by atoms with Gasteiger partial charge in [0.1, 0.15) is 0 Å². The number of nitrogen functional groups attached to an aromatic ring is 1. The molecule has 0 amide bonds. The van der Waals surface area contributed by atoms with Crippen LogP contribution in [0.25, 0.3) is 0 Å². The van der Waals surface area contributed by atoms with Crippen LogP contribution >= 0.6 is 15.9 Å². The Labute approximate surface area is 94.0 Å². The Morgan fingerprint density at radius 1 is 1.43 bits per heavy atom. The summed E-state index contributed by atoms with van der Waals surface area (Å²) in [5.41, 5.74) is 7.87. The summed E-state index contributed by atoms with van der Waals surface area (Å²) in [6.07, 6.45) is 0. The lowest BCUT2D eigenvalue weighted by atomic mass is 10.1. The summed E-state index contributed by atoms with van der Waals surface area (Å²) in [6, 6.07) is 6.00. The van der Waals surface area contributed by atoms with E-state index in [1.54, 1.807) is 0 Å². The average Bonchev–Trinajstić information content (AvgIpc) is 2.08. The van der Waals surface area contributed by atoms with Crippen molar-refractivity contribution in [3.8, 4) is 0 Å².